The van der Waals surface area contributed by atoms with Crippen molar-refractivity contribution in [1.29, 1.82) is 0 Å². The fraction of sp³-hybridized carbons (Fsp3) is 0.600. The molecule has 0 saturated heterocycles. The molecule has 0 radical (unpaired) electrons. The zero-order valence-corrected chi connectivity index (χ0v) is 13.5. The van der Waals surface area contributed by atoms with Crippen molar-refractivity contribution in [3.8, 4) is 11.5 Å². The molecular formula is C15H24BrNO2. The zero-order valence-electron chi connectivity index (χ0n) is 11.9. The lowest BCUT2D eigenvalue weighted by molar-refractivity contribution is 0.215. The number of unbranched alkanes of at least 4 members (excludes halogenated alkanes) is 1. The molecule has 0 saturated carbocycles. The minimum atomic E-state index is 0.725. The van der Waals surface area contributed by atoms with E-state index in [9.17, 15) is 0 Å². The summed E-state index contributed by atoms with van der Waals surface area (Å²) in [5.74, 6) is 1.76. The molecule has 4 heteroatoms. The van der Waals surface area contributed by atoms with Crippen LogP contribution in [0.15, 0.2) is 24.3 Å². The smallest absolute Gasteiger partial charge is 0.119 e. The van der Waals surface area contributed by atoms with Crippen LogP contribution < -0.4 is 9.47 Å². The van der Waals surface area contributed by atoms with Crippen molar-refractivity contribution < 1.29 is 9.47 Å². The van der Waals surface area contributed by atoms with E-state index in [1.54, 1.807) is 7.11 Å². The van der Waals surface area contributed by atoms with E-state index in [1.165, 1.54) is 12.8 Å². The van der Waals surface area contributed by atoms with Crippen LogP contribution in [0.1, 0.15) is 19.8 Å². The highest BCUT2D eigenvalue weighted by Gasteiger charge is 2.03. The second kappa shape index (κ2) is 10.1. The van der Waals surface area contributed by atoms with Gasteiger partial charge in [0, 0.05) is 18.4 Å². The molecule has 0 aliphatic rings. The maximum absolute atomic E-state index is 5.75. The molecule has 108 valence electrons. The van der Waals surface area contributed by atoms with Crippen molar-refractivity contribution in [1.82, 2.24) is 4.90 Å². The number of halogens is 1. The second-order valence-electron chi connectivity index (χ2n) is 4.41. The molecule has 0 N–H and O–H groups in total. The van der Waals surface area contributed by atoms with Gasteiger partial charge in [-0.25, -0.2) is 0 Å². The van der Waals surface area contributed by atoms with Crippen LogP contribution in [0.2, 0.25) is 0 Å². The second-order valence-corrected chi connectivity index (χ2v) is 5.20. The van der Waals surface area contributed by atoms with Gasteiger partial charge in [-0.1, -0.05) is 29.3 Å². The van der Waals surface area contributed by atoms with Crippen LogP contribution in [-0.4, -0.2) is 43.6 Å². The Labute approximate surface area is 125 Å². The first kappa shape index (κ1) is 16.3. The van der Waals surface area contributed by atoms with Gasteiger partial charge in [-0.05, 0) is 37.2 Å². The van der Waals surface area contributed by atoms with Crippen molar-refractivity contribution in [3.05, 3.63) is 24.3 Å². The van der Waals surface area contributed by atoms with Crippen LogP contribution in [0.25, 0.3) is 0 Å². The Bertz CT molecular complexity index is 329. The Balaban J connectivity index is 2.29. The fourth-order valence-corrected chi connectivity index (χ4v) is 2.30. The van der Waals surface area contributed by atoms with Gasteiger partial charge in [-0.15, -0.1) is 0 Å². The lowest BCUT2D eigenvalue weighted by Gasteiger charge is -2.21. The van der Waals surface area contributed by atoms with E-state index in [1.807, 2.05) is 24.3 Å². The van der Waals surface area contributed by atoms with Gasteiger partial charge < -0.3 is 9.47 Å². The van der Waals surface area contributed by atoms with Crippen molar-refractivity contribution in [2.24, 2.45) is 0 Å². The van der Waals surface area contributed by atoms with Gasteiger partial charge in [-0.2, -0.15) is 0 Å². The number of alkyl halides is 1. The highest BCUT2D eigenvalue weighted by atomic mass is 79.9. The Morgan fingerprint density at radius 1 is 1.05 bits per heavy atom. The van der Waals surface area contributed by atoms with E-state index < -0.39 is 0 Å². The molecule has 19 heavy (non-hydrogen) atoms. The van der Waals surface area contributed by atoms with Crippen LogP contribution in [-0.2, 0) is 0 Å². The molecule has 0 unspecified atom stereocenters. The number of benzene rings is 1. The Kier molecular flexibility index (Phi) is 8.67. The predicted octanol–water partition coefficient (Wildman–Crippen LogP) is 3.57. The van der Waals surface area contributed by atoms with Crippen molar-refractivity contribution in [2.45, 2.75) is 19.8 Å². The monoisotopic (exact) mass is 329 g/mol. The van der Waals surface area contributed by atoms with Crippen LogP contribution >= 0.6 is 15.9 Å². The minimum Gasteiger partial charge on any atom is -0.497 e. The van der Waals surface area contributed by atoms with Crippen LogP contribution in [0.3, 0.4) is 0 Å². The molecule has 1 rings (SSSR count). The van der Waals surface area contributed by atoms with Gasteiger partial charge >= 0.3 is 0 Å². The van der Waals surface area contributed by atoms with Gasteiger partial charge in [0.05, 0.1) is 7.11 Å². The normalized spacial score (nSPS) is 10.7. The van der Waals surface area contributed by atoms with E-state index in [-0.39, 0.29) is 0 Å². The first-order chi connectivity index (χ1) is 9.30. The SMILES string of the molecule is CCCCN(CCBr)CCOc1ccc(OC)cc1. The molecule has 0 bridgehead atoms. The third-order valence-electron chi connectivity index (χ3n) is 2.96. The number of methoxy groups -OCH3 is 1. The molecule has 0 amide bonds. The lowest BCUT2D eigenvalue weighted by Crippen LogP contribution is -2.31. The maximum Gasteiger partial charge on any atom is 0.119 e. The van der Waals surface area contributed by atoms with Gasteiger partial charge in [-0.3, -0.25) is 4.90 Å². The molecule has 1 aromatic carbocycles. The molecular weight excluding hydrogens is 306 g/mol. The summed E-state index contributed by atoms with van der Waals surface area (Å²) in [6.07, 6.45) is 2.48. The average molecular weight is 330 g/mol. The predicted molar refractivity (Wildman–Crippen MR) is 83.6 cm³/mol. The first-order valence-corrected chi connectivity index (χ1v) is 7.97. The molecule has 0 heterocycles. The van der Waals surface area contributed by atoms with E-state index in [0.717, 1.165) is 43.1 Å². The third-order valence-corrected chi connectivity index (χ3v) is 3.32. The topological polar surface area (TPSA) is 21.7 Å². The van der Waals surface area contributed by atoms with Crippen LogP contribution in [0.4, 0.5) is 0 Å². The number of ether oxygens (including phenoxy) is 2. The lowest BCUT2D eigenvalue weighted by atomic mass is 10.3. The number of rotatable bonds is 10. The highest BCUT2D eigenvalue weighted by molar-refractivity contribution is 9.09. The summed E-state index contributed by atoms with van der Waals surface area (Å²) in [5, 5.41) is 1.01. The Morgan fingerprint density at radius 2 is 1.74 bits per heavy atom. The van der Waals surface area contributed by atoms with Crippen molar-refractivity contribution in [3.63, 3.8) is 0 Å². The molecule has 0 fully saturated rings. The van der Waals surface area contributed by atoms with Crippen LogP contribution in [0, 0.1) is 0 Å². The number of nitrogens with zero attached hydrogens (tertiary/aromatic N) is 1. The zero-order chi connectivity index (χ0) is 13.9. The van der Waals surface area contributed by atoms with E-state index in [4.69, 9.17) is 9.47 Å². The van der Waals surface area contributed by atoms with E-state index >= 15 is 0 Å². The minimum absolute atomic E-state index is 0.725. The third kappa shape index (κ3) is 6.83. The van der Waals surface area contributed by atoms with Crippen LogP contribution in [0.5, 0.6) is 11.5 Å². The fourth-order valence-electron chi connectivity index (χ4n) is 1.80. The van der Waals surface area contributed by atoms with Gasteiger partial charge in [0.25, 0.3) is 0 Å². The van der Waals surface area contributed by atoms with Gasteiger partial charge in [0.1, 0.15) is 18.1 Å². The van der Waals surface area contributed by atoms with E-state index in [0.29, 0.717) is 0 Å². The summed E-state index contributed by atoms with van der Waals surface area (Å²) in [4.78, 5) is 2.43. The van der Waals surface area contributed by atoms with E-state index in [2.05, 4.69) is 27.8 Å². The van der Waals surface area contributed by atoms with Crippen molar-refractivity contribution in [2.75, 3.05) is 38.7 Å². The molecule has 0 spiro atoms. The van der Waals surface area contributed by atoms with Gasteiger partial charge in [0.15, 0.2) is 0 Å². The largest absolute Gasteiger partial charge is 0.497 e. The average Bonchev–Trinajstić information content (AvgIpc) is 2.45. The summed E-state index contributed by atoms with van der Waals surface area (Å²) >= 11 is 3.50. The molecule has 0 aliphatic carbocycles. The Morgan fingerprint density at radius 3 is 2.32 bits per heavy atom. The van der Waals surface area contributed by atoms with Gasteiger partial charge in [0.2, 0.25) is 0 Å². The summed E-state index contributed by atoms with van der Waals surface area (Å²) in [6.45, 7) is 6.14. The number of hydrogen-bond acceptors (Lipinski definition) is 3. The molecule has 0 aromatic heterocycles. The molecule has 0 atom stereocenters. The van der Waals surface area contributed by atoms with Crippen molar-refractivity contribution >= 4 is 15.9 Å². The first-order valence-electron chi connectivity index (χ1n) is 6.85. The Hall–Kier alpha value is -0.740. The highest BCUT2D eigenvalue weighted by Crippen LogP contribution is 2.16. The summed E-state index contributed by atoms with van der Waals surface area (Å²) in [5.41, 5.74) is 0. The molecule has 3 nitrogen and oxygen atoms in total. The summed E-state index contributed by atoms with van der Waals surface area (Å²) in [6, 6.07) is 7.73. The number of hydrogen-bond donors (Lipinski definition) is 0. The maximum atomic E-state index is 5.75. The quantitative estimate of drug-likeness (QED) is 0.612. The summed E-state index contributed by atoms with van der Waals surface area (Å²) in [7, 11) is 1.67. The molecule has 1 aromatic rings. The standard InChI is InChI=1S/C15H24BrNO2/c1-3-4-10-17(11-9-16)12-13-19-15-7-5-14(18-2)6-8-15/h5-8H,3-4,9-13H2,1-2H3. The summed E-state index contributed by atoms with van der Waals surface area (Å²) < 4.78 is 10.9. The molecule has 0 aliphatic heterocycles.